The van der Waals surface area contributed by atoms with Gasteiger partial charge < -0.3 is 9.47 Å². The van der Waals surface area contributed by atoms with E-state index < -0.39 is 0 Å². The summed E-state index contributed by atoms with van der Waals surface area (Å²) in [6.45, 7) is 3.95. The standard InChI is InChI=1S/C19H20O3/c1-14(2)22-19-7-5-4-6-16(19)10-13-18(20)15-8-11-17(21-3)12-9-15/h4-14H,1-3H3/b13-10+. The number of benzene rings is 2. The van der Waals surface area contributed by atoms with Gasteiger partial charge in [-0.3, -0.25) is 4.79 Å². The van der Waals surface area contributed by atoms with Crippen molar-refractivity contribution in [3.63, 3.8) is 0 Å². The fraction of sp³-hybridized carbons (Fsp3) is 0.211. The van der Waals surface area contributed by atoms with E-state index in [0.29, 0.717) is 5.56 Å². The largest absolute Gasteiger partial charge is 0.497 e. The second-order valence-corrected chi connectivity index (χ2v) is 5.13. The van der Waals surface area contributed by atoms with Gasteiger partial charge in [-0.1, -0.05) is 18.2 Å². The molecule has 0 bridgehead atoms. The van der Waals surface area contributed by atoms with Crippen molar-refractivity contribution in [2.45, 2.75) is 20.0 Å². The van der Waals surface area contributed by atoms with Crippen LogP contribution in [0.1, 0.15) is 29.8 Å². The Balaban J connectivity index is 2.15. The second-order valence-electron chi connectivity index (χ2n) is 5.13. The van der Waals surface area contributed by atoms with Crippen molar-refractivity contribution in [2.75, 3.05) is 7.11 Å². The zero-order valence-electron chi connectivity index (χ0n) is 13.1. The predicted octanol–water partition coefficient (Wildman–Crippen LogP) is 4.38. The molecule has 0 aliphatic rings. The number of ether oxygens (including phenoxy) is 2. The zero-order chi connectivity index (χ0) is 15.9. The van der Waals surface area contributed by atoms with Gasteiger partial charge in [0.15, 0.2) is 5.78 Å². The normalized spacial score (nSPS) is 10.9. The molecule has 0 N–H and O–H groups in total. The monoisotopic (exact) mass is 296 g/mol. The molecule has 0 saturated carbocycles. The maximum Gasteiger partial charge on any atom is 0.185 e. The molecule has 0 aliphatic carbocycles. The van der Waals surface area contributed by atoms with Crippen molar-refractivity contribution >= 4 is 11.9 Å². The molecule has 0 aromatic heterocycles. The highest BCUT2D eigenvalue weighted by molar-refractivity contribution is 6.07. The van der Waals surface area contributed by atoms with Crippen LogP contribution in [0.5, 0.6) is 11.5 Å². The summed E-state index contributed by atoms with van der Waals surface area (Å²) >= 11 is 0. The molecule has 0 saturated heterocycles. The van der Waals surface area contributed by atoms with E-state index in [-0.39, 0.29) is 11.9 Å². The number of carbonyl (C=O) groups excluding carboxylic acids is 1. The van der Waals surface area contributed by atoms with Crippen molar-refractivity contribution < 1.29 is 14.3 Å². The van der Waals surface area contributed by atoms with E-state index in [0.717, 1.165) is 17.1 Å². The molecule has 0 spiro atoms. The molecule has 0 atom stereocenters. The first-order valence-electron chi connectivity index (χ1n) is 7.22. The minimum Gasteiger partial charge on any atom is -0.497 e. The number of hydrogen-bond acceptors (Lipinski definition) is 3. The quantitative estimate of drug-likeness (QED) is 0.586. The number of rotatable bonds is 6. The number of ketones is 1. The molecule has 22 heavy (non-hydrogen) atoms. The average Bonchev–Trinajstić information content (AvgIpc) is 2.53. The molecule has 0 unspecified atom stereocenters. The van der Waals surface area contributed by atoms with Crippen LogP contribution < -0.4 is 9.47 Å². The zero-order valence-corrected chi connectivity index (χ0v) is 13.1. The Morgan fingerprint density at radius 1 is 1.05 bits per heavy atom. The molecule has 114 valence electrons. The SMILES string of the molecule is COc1ccc(C(=O)/C=C/c2ccccc2OC(C)C)cc1. The maximum absolute atomic E-state index is 12.2. The van der Waals surface area contributed by atoms with Gasteiger partial charge in [0.2, 0.25) is 0 Å². The minimum absolute atomic E-state index is 0.0537. The fourth-order valence-corrected chi connectivity index (χ4v) is 2.00. The second kappa shape index (κ2) is 7.46. The molecule has 0 radical (unpaired) electrons. The van der Waals surface area contributed by atoms with E-state index in [1.807, 2.05) is 38.1 Å². The number of para-hydroxylation sites is 1. The Morgan fingerprint density at radius 3 is 2.36 bits per heavy atom. The van der Waals surface area contributed by atoms with Crippen LogP contribution in [0.15, 0.2) is 54.6 Å². The van der Waals surface area contributed by atoms with Gasteiger partial charge in [-0.15, -0.1) is 0 Å². The molecule has 0 aliphatic heterocycles. The highest BCUT2D eigenvalue weighted by atomic mass is 16.5. The summed E-state index contributed by atoms with van der Waals surface area (Å²) in [6.07, 6.45) is 3.43. The highest BCUT2D eigenvalue weighted by Gasteiger charge is 2.05. The molecule has 2 aromatic rings. The van der Waals surface area contributed by atoms with Crippen LogP contribution in [0.2, 0.25) is 0 Å². The Bertz CT molecular complexity index is 655. The Morgan fingerprint density at radius 2 is 1.73 bits per heavy atom. The van der Waals surface area contributed by atoms with Crippen molar-refractivity contribution in [1.82, 2.24) is 0 Å². The number of methoxy groups -OCH3 is 1. The first kappa shape index (κ1) is 15.8. The Labute approximate surface area is 131 Å². The van der Waals surface area contributed by atoms with Crippen LogP contribution in [0.4, 0.5) is 0 Å². The van der Waals surface area contributed by atoms with E-state index in [9.17, 15) is 4.79 Å². The van der Waals surface area contributed by atoms with Gasteiger partial charge in [-0.2, -0.15) is 0 Å². The van der Waals surface area contributed by atoms with Crippen molar-refractivity contribution in [2.24, 2.45) is 0 Å². The third-order valence-corrected chi connectivity index (χ3v) is 3.07. The summed E-state index contributed by atoms with van der Waals surface area (Å²) in [4.78, 5) is 12.2. The van der Waals surface area contributed by atoms with E-state index in [1.54, 1.807) is 43.5 Å². The summed E-state index contributed by atoms with van der Waals surface area (Å²) in [5.74, 6) is 1.45. The predicted molar refractivity (Wildman–Crippen MR) is 88.6 cm³/mol. The molecular weight excluding hydrogens is 276 g/mol. The lowest BCUT2D eigenvalue weighted by Gasteiger charge is -2.11. The Hall–Kier alpha value is -2.55. The van der Waals surface area contributed by atoms with Crippen LogP contribution in [0.25, 0.3) is 6.08 Å². The van der Waals surface area contributed by atoms with E-state index in [2.05, 4.69) is 0 Å². The number of hydrogen-bond donors (Lipinski definition) is 0. The van der Waals surface area contributed by atoms with Gasteiger partial charge in [0.1, 0.15) is 11.5 Å². The number of carbonyl (C=O) groups is 1. The van der Waals surface area contributed by atoms with Crippen LogP contribution in [-0.4, -0.2) is 19.0 Å². The molecule has 2 rings (SSSR count). The van der Waals surface area contributed by atoms with E-state index in [1.165, 1.54) is 0 Å². The topological polar surface area (TPSA) is 35.5 Å². The van der Waals surface area contributed by atoms with Crippen molar-refractivity contribution in [3.05, 3.63) is 65.7 Å². The third-order valence-electron chi connectivity index (χ3n) is 3.07. The number of allylic oxidation sites excluding steroid dienone is 1. The highest BCUT2D eigenvalue weighted by Crippen LogP contribution is 2.21. The summed E-state index contributed by atoms with van der Waals surface area (Å²) < 4.78 is 10.8. The molecule has 3 heteroatoms. The lowest BCUT2D eigenvalue weighted by Crippen LogP contribution is -2.06. The molecular formula is C19H20O3. The van der Waals surface area contributed by atoms with E-state index >= 15 is 0 Å². The molecule has 0 fully saturated rings. The molecule has 0 amide bonds. The summed E-state index contributed by atoms with van der Waals surface area (Å²) in [5, 5.41) is 0. The fourth-order valence-electron chi connectivity index (χ4n) is 2.00. The van der Waals surface area contributed by atoms with E-state index in [4.69, 9.17) is 9.47 Å². The van der Waals surface area contributed by atoms with Crippen LogP contribution >= 0.6 is 0 Å². The van der Waals surface area contributed by atoms with Gasteiger partial charge in [0.05, 0.1) is 13.2 Å². The smallest absolute Gasteiger partial charge is 0.185 e. The molecule has 2 aromatic carbocycles. The lowest BCUT2D eigenvalue weighted by atomic mass is 10.1. The summed E-state index contributed by atoms with van der Waals surface area (Å²) in [7, 11) is 1.60. The van der Waals surface area contributed by atoms with Gasteiger partial charge in [0, 0.05) is 11.1 Å². The third kappa shape index (κ3) is 4.22. The van der Waals surface area contributed by atoms with Crippen molar-refractivity contribution in [3.8, 4) is 11.5 Å². The van der Waals surface area contributed by atoms with Gasteiger partial charge in [0.25, 0.3) is 0 Å². The Kier molecular flexibility index (Phi) is 5.37. The van der Waals surface area contributed by atoms with Crippen LogP contribution in [-0.2, 0) is 0 Å². The molecule has 3 nitrogen and oxygen atoms in total. The molecule has 0 heterocycles. The first-order valence-corrected chi connectivity index (χ1v) is 7.22. The van der Waals surface area contributed by atoms with Gasteiger partial charge in [-0.05, 0) is 56.3 Å². The van der Waals surface area contributed by atoms with Crippen molar-refractivity contribution in [1.29, 1.82) is 0 Å². The maximum atomic E-state index is 12.2. The van der Waals surface area contributed by atoms with Crippen LogP contribution in [0.3, 0.4) is 0 Å². The first-order chi connectivity index (χ1) is 10.6. The average molecular weight is 296 g/mol. The lowest BCUT2D eigenvalue weighted by molar-refractivity contribution is 0.104. The summed E-state index contributed by atoms with van der Waals surface area (Å²) in [5.41, 5.74) is 1.51. The van der Waals surface area contributed by atoms with Gasteiger partial charge >= 0.3 is 0 Å². The van der Waals surface area contributed by atoms with Crippen LogP contribution in [0, 0.1) is 0 Å². The summed E-state index contributed by atoms with van der Waals surface area (Å²) in [6, 6.07) is 14.7. The van der Waals surface area contributed by atoms with Gasteiger partial charge in [-0.25, -0.2) is 0 Å². The minimum atomic E-state index is -0.0537.